The fraction of sp³-hybridized carbons (Fsp3) is 0.111. The third-order valence-corrected chi connectivity index (χ3v) is 6.43. The number of aryl methyl sites for hydroxylation is 1. The number of pyridine rings is 1. The zero-order valence-electron chi connectivity index (χ0n) is 19.2. The van der Waals surface area contributed by atoms with Gasteiger partial charge in [-0.2, -0.15) is 0 Å². The van der Waals surface area contributed by atoms with Crippen LogP contribution in [0.4, 0.5) is 26.3 Å². The van der Waals surface area contributed by atoms with Crippen molar-refractivity contribution in [2.24, 2.45) is 0 Å². The number of nitrogens with zero attached hydrogens (tertiary/aromatic N) is 1. The fourth-order valence-corrected chi connectivity index (χ4v) is 4.41. The van der Waals surface area contributed by atoms with Crippen LogP contribution >= 0.6 is 15.9 Å². The maximum absolute atomic E-state index is 14.8. The molecule has 1 aromatic heterocycles. The Balaban J connectivity index is 1.88. The molecule has 3 aromatic carbocycles. The van der Waals surface area contributed by atoms with Crippen LogP contribution in [0, 0.1) is 34.9 Å². The van der Waals surface area contributed by atoms with Gasteiger partial charge in [-0.05, 0) is 64.7 Å². The van der Waals surface area contributed by atoms with Crippen LogP contribution in [0.5, 0.6) is 5.75 Å². The van der Waals surface area contributed by atoms with Crippen LogP contribution in [-0.4, -0.2) is 10.9 Å². The van der Waals surface area contributed by atoms with E-state index in [9.17, 15) is 35.9 Å². The van der Waals surface area contributed by atoms with Crippen molar-refractivity contribution in [2.45, 2.75) is 19.4 Å². The summed E-state index contributed by atoms with van der Waals surface area (Å²) in [6.45, 7) is -0.533. The van der Waals surface area contributed by atoms with E-state index in [1.807, 2.05) is 0 Å². The molecule has 0 saturated heterocycles. The third-order valence-electron chi connectivity index (χ3n) is 5.73. The molecule has 4 aromatic rings. The maximum Gasteiger partial charge on any atom is 0.273 e. The lowest BCUT2D eigenvalue weighted by molar-refractivity contribution is 0.111. The standard InChI is InChI=1S/C27H16BrF6NO3/c28-24-26(38-13-15-5-8-17(30)11-22(15)34)18(12-36)23(9-6-14-4-7-16(29)10-21(14)33)35(27(24)37)25-19(31)2-1-3-20(25)32/h1-5,7-8,10-12H,6,9,13H2. The molecule has 11 heteroatoms. The second-order valence-corrected chi connectivity index (χ2v) is 8.89. The lowest BCUT2D eigenvalue weighted by Gasteiger charge is -2.20. The van der Waals surface area contributed by atoms with Crippen LogP contribution in [0.1, 0.15) is 27.2 Å². The average molecular weight is 596 g/mol. The number of hydrogen-bond donors (Lipinski definition) is 0. The van der Waals surface area contributed by atoms with Crippen molar-refractivity contribution in [2.75, 3.05) is 0 Å². The summed E-state index contributed by atoms with van der Waals surface area (Å²) in [6.07, 6.45) is -0.240. The van der Waals surface area contributed by atoms with Gasteiger partial charge in [0.05, 0.1) is 5.56 Å². The van der Waals surface area contributed by atoms with Gasteiger partial charge in [0.2, 0.25) is 0 Å². The average Bonchev–Trinajstić information content (AvgIpc) is 2.86. The molecule has 4 rings (SSSR count). The number of carbonyl (C=O) groups is 1. The number of aromatic nitrogens is 1. The second kappa shape index (κ2) is 11.3. The number of hydrogen-bond acceptors (Lipinski definition) is 3. The Bertz CT molecular complexity index is 1580. The van der Waals surface area contributed by atoms with Crippen LogP contribution in [-0.2, 0) is 19.4 Å². The van der Waals surface area contributed by atoms with E-state index in [2.05, 4.69) is 15.9 Å². The molecule has 4 nitrogen and oxygen atoms in total. The molecule has 0 bridgehead atoms. The Kier molecular flexibility index (Phi) is 8.05. The molecule has 0 amide bonds. The highest BCUT2D eigenvalue weighted by molar-refractivity contribution is 9.10. The molecule has 0 aliphatic rings. The Morgan fingerprint density at radius 3 is 1.92 bits per heavy atom. The van der Waals surface area contributed by atoms with E-state index in [1.165, 1.54) is 0 Å². The normalized spacial score (nSPS) is 11.0. The zero-order valence-corrected chi connectivity index (χ0v) is 20.8. The second-order valence-electron chi connectivity index (χ2n) is 8.09. The van der Waals surface area contributed by atoms with Gasteiger partial charge in [0.15, 0.2) is 12.0 Å². The molecule has 0 N–H and O–H groups in total. The minimum Gasteiger partial charge on any atom is -0.487 e. The SMILES string of the molecule is O=Cc1c(OCc2ccc(F)cc2F)c(Br)c(=O)n(-c2c(F)cccc2F)c1CCc1ccc(F)cc1F. The summed E-state index contributed by atoms with van der Waals surface area (Å²) in [5.41, 5.74) is -2.47. The summed E-state index contributed by atoms with van der Waals surface area (Å²) >= 11 is 3.01. The monoisotopic (exact) mass is 595 g/mol. The molecule has 0 radical (unpaired) electrons. The lowest BCUT2D eigenvalue weighted by Crippen LogP contribution is -2.28. The molecular weight excluding hydrogens is 580 g/mol. The number of ether oxygens (including phenoxy) is 1. The Hall–Kier alpha value is -3.86. The zero-order chi connectivity index (χ0) is 27.6. The number of carbonyl (C=O) groups excluding carboxylic acids is 1. The van der Waals surface area contributed by atoms with Crippen molar-refractivity contribution < 1.29 is 35.9 Å². The van der Waals surface area contributed by atoms with Crippen LogP contribution in [0.2, 0.25) is 0 Å². The molecule has 0 unspecified atom stereocenters. The van der Waals surface area contributed by atoms with E-state index in [0.717, 1.165) is 42.5 Å². The smallest absolute Gasteiger partial charge is 0.273 e. The van der Waals surface area contributed by atoms with Crippen LogP contribution in [0.3, 0.4) is 0 Å². The van der Waals surface area contributed by atoms with Gasteiger partial charge < -0.3 is 4.74 Å². The quantitative estimate of drug-likeness (QED) is 0.170. The van der Waals surface area contributed by atoms with Crippen molar-refractivity contribution >= 4 is 22.2 Å². The molecule has 38 heavy (non-hydrogen) atoms. The van der Waals surface area contributed by atoms with E-state index < -0.39 is 57.2 Å². The maximum atomic E-state index is 14.8. The summed E-state index contributed by atoms with van der Waals surface area (Å²) in [4.78, 5) is 25.6. The molecule has 196 valence electrons. The molecule has 0 spiro atoms. The summed E-state index contributed by atoms with van der Waals surface area (Å²) < 4.78 is 90.4. The third kappa shape index (κ3) is 5.38. The predicted octanol–water partition coefficient (Wildman–Crippen LogP) is 6.61. The Labute approximate surface area is 220 Å². The summed E-state index contributed by atoms with van der Waals surface area (Å²) in [5, 5.41) is 0. The summed E-state index contributed by atoms with van der Waals surface area (Å²) in [6, 6.07) is 8.42. The lowest BCUT2D eigenvalue weighted by atomic mass is 10.0. The molecule has 0 aliphatic heterocycles. The van der Waals surface area contributed by atoms with Gasteiger partial charge in [-0.3, -0.25) is 14.2 Å². The Morgan fingerprint density at radius 1 is 0.789 bits per heavy atom. The van der Waals surface area contributed by atoms with Gasteiger partial charge in [0.1, 0.15) is 51.7 Å². The van der Waals surface area contributed by atoms with E-state index in [-0.39, 0.29) is 47.3 Å². The number of benzene rings is 3. The van der Waals surface area contributed by atoms with Gasteiger partial charge in [0, 0.05) is 23.4 Å². The van der Waals surface area contributed by atoms with Crippen molar-refractivity contribution in [1.29, 1.82) is 0 Å². The van der Waals surface area contributed by atoms with Gasteiger partial charge in [-0.15, -0.1) is 0 Å². The number of para-hydroxylation sites is 1. The van der Waals surface area contributed by atoms with Crippen LogP contribution in [0.25, 0.3) is 5.69 Å². The molecule has 0 atom stereocenters. The highest BCUT2D eigenvalue weighted by Gasteiger charge is 2.26. The molecule has 1 heterocycles. The molecule has 0 saturated carbocycles. The van der Waals surface area contributed by atoms with Crippen molar-refractivity contribution in [3.63, 3.8) is 0 Å². The van der Waals surface area contributed by atoms with E-state index in [0.29, 0.717) is 16.7 Å². The van der Waals surface area contributed by atoms with Gasteiger partial charge in [-0.1, -0.05) is 12.1 Å². The predicted molar refractivity (Wildman–Crippen MR) is 129 cm³/mol. The van der Waals surface area contributed by atoms with Gasteiger partial charge in [-0.25, -0.2) is 26.3 Å². The molecule has 0 fully saturated rings. The first-order valence-electron chi connectivity index (χ1n) is 11.0. The highest BCUT2D eigenvalue weighted by Crippen LogP contribution is 2.32. The molecule has 0 aliphatic carbocycles. The number of rotatable bonds is 8. The van der Waals surface area contributed by atoms with Gasteiger partial charge >= 0.3 is 0 Å². The van der Waals surface area contributed by atoms with Crippen molar-refractivity contribution in [1.82, 2.24) is 4.57 Å². The minimum absolute atomic E-state index is 0.00928. The largest absolute Gasteiger partial charge is 0.487 e. The number of aldehydes is 1. The van der Waals surface area contributed by atoms with Crippen molar-refractivity contribution in [3.8, 4) is 11.4 Å². The summed E-state index contributed by atoms with van der Waals surface area (Å²) in [5.74, 6) is -6.09. The van der Waals surface area contributed by atoms with E-state index >= 15 is 0 Å². The minimum atomic E-state index is -1.12. The van der Waals surface area contributed by atoms with E-state index in [4.69, 9.17) is 4.74 Å². The first kappa shape index (κ1) is 27.2. The first-order valence-corrected chi connectivity index (χ1v) is 11.8. The van der Waals surface area contributed by atoms with Gasteiger partial charge in [0.25, 0.3) is 5.56 Å². The van der Waals surface area contributed by atoms with Crippen LogP contribution in [0.15, 0.2) is 63.9 Å². The number of halogens is 7. The first-order chi connectivity index (χ1) is 18.1. The topological polar surface area (TPSA) is 48.3 Å². The van der Waals surface area contributed by atoms with E-state index in [1.54, 1.807) is 0 Å². The summed E-state index contributed by atoms with van der Waals surface area (Å²) in [7, 11) is 0. The fourth-order valence-electron chi connectivity index (χ4n) is 3.90. The molecular formula is C27H16BrF6NO3. The highest BCUT2D eigenvalue weighted by atomic mass is 79.9. The van der Waals surface area contributed by atoms with Crippen molar-refractivity contribution in [3.05, 3.63) is 127 Å². The van der Waals surface area contributed by atoms with Crippen LogP contribution < -0.4 is 10.3 Å². The Morgan fingerprint density at radius 2 is 1.37 bits per heavy atom.